The number of aromatic nitrogens is 1. The Morgan fingerprint density at radius 1 is 1.24 bits per heavy atom. The molecule has 0 spiro atoms. The van der Waals surface area contributed by atoms with E-state index in [0.29, 0.717) is 18.2 Å². The average Bonchev–Trinajstić information content (AvgIpc) is 3.43. The van der Waals surface area contributed by atoms with Crippen molar-refractivity contribution in [2.24, 2.45) is 0 Å². The molecule has 2 aliphatic rings. The van der Waals surface area contributed by atoms with Crippen LogP contribution in [-0.2, 0) is 6.54 Å². The van der Waals surface area contributed by atoms with E-state index in [4.69, 9.17) is 0 Å². The molecular formula is C20H22N2O2S. The Balaban J connectivity index is 1.70. The Morgan fingerprint density at radius 2 is 2.00 bits per heavy atom. The second-order valence-electron chi connectivity index (χ2n) is 7.03. The number of carbonyl (C=O) groups excluding carboxylic acids is 1. The quantitative estimate of drug-likeness (QED) is 0.827. The van der Waals surface area contributed by atoms with Crippen molar-refractivity contribution in [2.45, 2.75) is 50.2 Å². The van der Waals surface area contributed by atoms with Gasteiger partial charge in [-0.2, -0.15) is 0 Å². The molecule has 25 heavy (non-hydrogen) atoms. The molecule has 1 unspecified atom stereocenters. The van der Waals surface area contributed by atoms with Gasteiger partial charge < -0.3 is 9.47 Å². The summed E-state index contributed by atoms with van der Waals surface area (Å²) in [6.45, 7) is 4.56. The van der Waals surface area contributed by atoms with Crippen molar-refractivity contribution in [3.8, 4) is 0 Å². The molecule has 1 aliphatic heterocycles. The highest BCUT2D eigenvalue weighted by Gasteiger charge is 2.30. The third kappa shape index (κ3) is 3.13. The molecule has 1 aromatic heterocycles. The lowest BCUT2D eigenvalue weighted by atomic mass is 10.1. The summed E-state index contributed by atoms with van der Waals surface area (Å²) in [5.41, 5.74) is 2.22. The van der Waals surface area contributed by atoms with E-state index in [1.165, 1.54) is 4.90 Å². The fourth-order valence-corrected chi connectivity index (χ4v) is 4.49. The van der Waals surface area contributed by atoms with Gasteiger partial charge >= 0.3 is 0 Å². The molecule has 0 saturated heterocycles. The number of thioether (sulfide) groups is 1. The predicted octanol–water partition coefficient (Wildman–Crippen LogP) is 3.63. The molecule has 1 saturated carbocycles. The van der Waals surface area contributed by atoms with Crippen LogP contribution in [0.3, 0.4) is 0 Å². The highest BCUT2D eigenvalue weighted by Crippen LogP contribution is 2.36. The third-order valence-electron chi connectivity index (χ3n) is 5.04. The van der Waals surface area contributed by atoms with E-state index in [2.05, 4.69) is 23.6 Å². The zero-order chi connectivity index (χ0) is 17.6. The maximum absolute atomic E-state index is 13.2. The molecule has 0 bridgehead atoms. The molecule has 4 nitrogen and oxygen atoms in total. The molecule has 1 aliphatic carbocycles. The number of amides is 1. The highest BCUT2D eigenvalue weighted by molar-refractivity contribution is 7.99. The van der Waals surface area contributed by atoms with Crippen molar-refractivity contribution in [3.05, 3.63) is 63.6 Å². The van der Waals surface area contributed by atoms with Crippen molar-refractivity contribution in [2.75, 3.05) is 5.75 Å². The van der Waals surface area contributed by atoms with Crippen LogP contribution in [0.1, 0.15) is 47.4 Å². The summed E-state index contributed by atoms with van der Waals surface area (Å²) in [4.78, 5) is 28.8. The smallest absolute Gasteiger partial charge is 0.259 e. The Morgan fingerprint density at radius 3 is 2.76 bits per heavy atom. The number of carbonyl (C=O) groups is 1. The molecule has 1 aromatic carbocycles. The Labute approximate surface area is 151 Å². The van der Waals surface area contributed by atoms with Crippen LogP contribution in [0.15, 0.2) is 46.2 Å². The van der Waals surface area contributed by atoms with Crippen molar-refractivity contribution < 1.29 is 4.79 Å². The minimum atomic E-state index is -0.170. The molecule has 0 radical (unpaired) electrons. The first kappa shape index (κ1) is 16.5. The van der Waals surface area contributed by atoms with Crippen LogP contribution >= 0.6 is 11.8 Å². The van der Waals surface area contributed by atoms with E-state index in [9.17, 15) is 9.59 Å². The molecule has 130 valence electrons. The van der Waals surface area contributed by atoms with Crippen LogP contribution in [0.4, 0.5) is 0 Å². The van der Waals surface area contributed by atoms with Gasteiger partial charge in [0.15, 0.2) is 5.43 Å². The van der Waals surface area contributed by atoms with E-state index in [1.54, 1.807) is 24.0 Å². The van der Waals surface area contributed by atoms with Gasteiger partial charge in [0.25, 0.3) is 5.91 Å². The van der Waals surface area contributed by atoms with E-state index in [-0.39, 0.29) is 17.4 Å². The standard InChI is InChI=1S/C20H22N2O2S/c1-13-9-18(23)17(11-21(13)16-7-8-16)20(24)22-10-15-5-3-4-6-19(15)25-12-14(22)2/h3-6,9,11,14,16H,7-8,10,12H2,1-2H3. The second-order valence-corrected chi connectivity index (χ2v) is 8.09. The van der Waals surface area contributed by atoms with E-state index in [0.717, 1.165) is 29.9 Å². The molecule has 2 heterocycles. The van der Waals surface area contributed by atoms with Crippen LogP contribution in [0, 0.1) is 6.92 Å². The van der Waals surface area contributed by atoms with Gasteiger partial charge in [0, 0.05) is 47.2 Å². The van der Waals surface area contributed by atoms with Crippen LogP contribution in [0.5, 0.6) is 0 Å². The molecule has 0 N–H and O–H groups in total. The van der Waals surface area contributed by atoms with Crippen LogP contribution in [0.2, 0.25) is 0 Å². The fraction of sp³-hybridized carbons (Fsp3) is 0.400. The molecule has 1 fully saturated rings. The molecule has 5 heteroatoms. The third-order valence-corrected chi connectivity index (χ3v) is 6.40. The maximum atomic E-state index is 13.2. The van der Waals surface area contributed by atoms with Crippen LogP contribution in [0.25, 0.3) is 0 Å². The first-order valence-corrected chi connectivity index (χ1v) is 9.77. The number of hydrogen-bond acceptors (Lipinski definition) is 3. The predicted molar refractivity (Wildman–Crippen MR) is 100 cm³/mol. The number of nitrogens with zero attached hydrogens (tertiary/aromatic N) is 2. The summed E-state index contributed by atoms with van der Waals surface area (Å²) in [5, 5.41) is 0. The SMILES string of the molecule is Cc1cc(=O)c(C(=O)N2Cc3ccccc3SCC2C)cn1C1CC1. The molecule has 1 atom stereocenters. The first-order valence-electron chi connectivity index (χ1n) is 8.79. The van der Waals surface area contributed by atoms with E-state index in [1.807, 2.05) is 24.0 Å². The lowest BCUT2D eigenvalue weighted by molar-refractivity contribution is 0.0692. The number of aryl methyl sites for hydroxylation is 1. The summed E-state index contributed by atoms with van der Waals surface area (Å²) in [6.07, 6.45) is 4.04. The van der Waals surface area contributed by atoms with Gasteiger partial charge in [0.05, 0.1) is 0 Å². The maximum Gasteiger partial charge on any atom is 0.259 e. The van der Waals surface area contributed by atoms with Crippen LogP contribution in [-0.4, -0.2) is 27.2 Å². The van der Waals surface area contributed by atoms with Gasteiger partial charge in [0.1, 0.15) is 5.56 Å². The summed E-state index contributed by atoms with van der Waals surface area (Å²) in [7, 11) is 0. The Hall–Kier alpha value is -2.01. The van der Waals surface area contributed by atoms with Gasteiger partial charge in [0.2, 0.25) is 0 Å². The molecular weight excluding hydrogens is 332 g/mol. The first-order chi connectivity index (χ1) is 12.0. The zero-order valence-electron chi connectivity index (χ0n) is 14.6. The Bertz CT molecular complexity index is 886. The Kier molecular flexibility index (Phi) is 4.20. The monoisotopic (exact) mass is 354 g/mol. The minimum absolute atomic E-state index is 0.0833. The van der Waals surface area contributed by atoms with Crippen molar-refractivity contribution in [1.82, 2.24) is 9.47 Å². The summed E-state index contributed by atoms with van der Waals surface area (Å²) < 4.78 is 2.10. The van der Waals surface area contributed by atoms with Crippen LogP contribution < -0.4 is 5.43 Å². The molecule has 4 rings (SSSR count). The van der Waals surface area contributed by atoms with Gasteiger partial charge in [-0.15, -0.1) is 11.8 Å². The van der Waals surface area contributed by atoms with Crippen molar-refractivity contribution in [1.29, 1.82) is 0 Å². The zero-order valence-corrected chi connectivity index (χ0v) is 15.4. The topological polar surface area (TPSA) is 42.3 Å². The van der Waals surface area contributed by atoms with Crippen molar-refractivity contribution in [3.63, 3.8) is 0 Å². The van der Waals surface area contributed by atoms with Gasteiger partial charge in [-0.3, -0.25) is 9.59 Å². The highest BCUT2D eigenvalue weighted by atomic mass is 32.2. The van der Waals surface area contributed by atoms with Gasteiger partial charge in [-0.25, -0.2) is 0 Å². The lowest BCUT2D eigenvalue weighted by Gasteiger charge is -2.27. The molecule has 1 amide bonds. The molecule has 2 aromatic rings. The van der Waals surface area contributed by atoms with E-state index >= 15 is 0 Å². The minimum Gasteiger partial charge on any atom is -0.348 e. The van der Waals surface area contributed by atoms with Gasteiger partial charge in [-0.05, 0) is 38.3 Å². The average molecular weight is 354 g/mol. The number of rotatable bonds is 2. The summed E-state index contributed by atoms with van der Waals surface area (Å²) in [6, 6.07) is 10.3. The number of hydrogen-bond donors (Lipinski definition) is 0. The summed E-state index contributed by atoms with van der Waals surface area (Å²) in [5.74, 6) is 0.690. The second kappa shape index (κ2) is 6.37. The van der Waals surface area contributed by atoms with Gasteiger partial charge in [-0.1, -0.05) is 18.2 Å². The number of benzene rings is 1. The number of fused-ring (bicyclic) bond motifs is 1. The fourth-order valence-electron chi connectivity index (χ4n) is 3.39. The van der Waals surface area contributed by atoms with E-state index < -0.39 is 0 Å². The summed E-state index contributed by atoms with van der Waals surface area (Å²) >= 11 is 1.78. The normalized spacial score (nSPS) is 20.1. The lowest BCUT2D eigenvalue weighted by Crippen LogP contribution is -2.41. The van der Waals surface area contributed by atoms with Crippen molar-refractivity contribution >= 4 is 17.7 Å². The number of pyridine rings is 1. The largest absolute Gasteiger partial charge is 0.348 e.